The Hall–Kier alpha value is -3.00. The number of allylic oxidation sites excluding steroid dienone is 1. The van der Waals surface area contributed by atoms with E-state index in [0.717, 1.165) is 11.1 Å². The van der Waals surface area contributed by atoms with Crippen LogP contribution >= 0.6 is 0 Å². The maximum atomic E-state index is 12.1. The van der Waals surface area contributed by atoms with Gasteiger partial charge in [-0.2, -0.15) is 13.2 Å². The maximum Gasteiger partial charge on any atom is 0.411 e. The molecule has 2 aromatic rings. The van der Waals surface area contributed by atoms with Crippen LogP contribution in [0.4, 0.5) is 13.2 Å². The summed E-state index contributed by atoms with van der Waals surface area (Å²) < 4.78 is 51.7. The monoisotopic (exact) mass is 423 g/mol. The van der Waals surface area contributed by atoms with Crippen molar-refractivity contribution in [2.24, 2.45) is 0 Å². The summed E-state index contributed by atoms with van der Waals surface area (Å²) in [4.78, 5) is 12.0. The highest BCUT2D eigenvalue weighted by atomic mass is 19.4. The Morgan fingerprint density at radius 3 is 2.40 bits per heavy atom. The van der Waals surface area contributed by atoms with Crippen LogP contribution in [0.15, 0.2) is 48.5 Å². The van der Waals surface area contributed by atoms with E-state index in [1.807, 2.05) is 31.2 Å². The number of methoxy groups -OCH3 is 1. The van der Waals surface area contributed by atoms with Gasteiger partial charge < -0.3 is 19.5 Å². The Morgan fingerprint density at radius 1 is 1.07 bits per heavy atom. The van der Waals surface area contributed by atoms with Crippen LogP contribution in [0, 0.1) is 0 Å². The Balaban J connectivity index is 1.78. The van der Waals surface area contributed by atoms with Gasteiger partial charge in [0.2, 0.25) is 0 Å². The predicted octanol–water partition coefficient (Wildman–Crippen LogP) is 4.50. The molecular weight excluding hydrogens is 399 g/mol. The summed E-state index contributed by atoms with van der Waals surface area (Å²) in [6, 6.07) is 12.2. The molecule has 0 aliphatic rings. The summed E-state index contributed by atoms with van der Waals surface area (Å²) in [5.41, 5.74) is 2.38. The number of rotatable bonds is 10. The molecule has 0 bridgehead atoms. The molecule has 1 amide bonds. The van der Waals surface area contributed by atoms with E-state index in [0.29, 0.717) is 17.1 Å². The van der Waals surface area contributed by atoms with Crippen molar-refractivity contribution in [2.45, 2.75) is 26.3 Å². The average molecular weight is 423 g/mol. The molecule has 0 aliphatic carbocycles. The van der Waals surface area contributed by atoms with Crippen molar-refractivity contribution in [3.63, 3.8) is 0 Å². The molecule has 0 saturated carbocycles. The second-order valence-corrected chi connectivity index (χ2v) is 6.40. The number of amides is 1. The lowest BCUT2D eigenvalue weighted by Crippen LogP contribution is -2.28. The largest absolute Gasteiger partial charge is 0.493 e. The van der Waals surface area contributed by atoms with Gasteiger partial charge in [-0.05, 0) is 35.7 Å². The molecule has 0 fully saturated rings. The van der Waals surface area contributed by atoms with Crippen molar-refractivity contribution in [3.8, 4) is 11.5 Å². The number of hydrogen-bond donors (Lipinski definition) is 1. The second kappa shape index (κ2) is 11.3. The number of alkyl halides is 3. The van der Waals surface area contributed by atoms with Crippen LogP contribution in [-0.2, 0) is 22.7 Å². The molecule has 8 heteroatoms. The van der Waals surface area contributed by atoms with Crippen LogP contribution in [0.1, 0.15) is 23.6 Å². The molecule has 5 nitrogen and oxygen atoms in total. The average Bonchev–Trinajstić information content (AvgIpc) is 2.71. The molecule has 0 aromatic heterocycles. The molecule has 30 heavy (non-hydrogen) atoms. The fourth-order valence-electron chi connectivity index (χ4n) is 2.53. The Kier molecular flexibility index (Phi) is 8.73. The SMILES string of the molecule is C/C=C/c1ccc(OCC(=O)NCc2ccc(COCC(F)(F)F)cc2)c(OC)c1. The quantitative estimate of drug-likeness (QED) is 0.611. The van der Waals surface area contributed by atoms with Crippen LogP contribution in [0.5, 0.6) is 11.5 Å². The Bertz CT molecular complexity index is 848. The van der Waals surface area contributed by atoms with Gasteiger partial charge in [0.1, 0.15) is 6.61 Å². The van der Waals surface area contributed by atoms with E-state index in [1.54, 1.807) is 30.3 Å². The molecular formula is C22H24F3NO4. The van der Waals surface area contributed by atoms with E-state index < -0.39 is 12.8 Å². The molecule has 0 spiro atoms. The van der Waals surface area contributed by atoms with Crippen molar-refractivity contribution >= 4 is 12.0 Å². The number of carbonyl (C=O) groups is 1. The number of nitrogens with one attached hydrogen (secondary N) is 1. The second-order valence-electron chi connectivity index (χ2n) is 6.40. The lowest BCUT2D eigenvalue weighted by molar-refractivity contribution is -0.176. The third-order valence-electron chi connectivity index (χ3n) is 3.95. The van der Waals surface area contributed by atoms with Gasteiger partial charge in [-0.3, -0.25) is 4.79 Å². The van der Waals surface area contributed by atoms with Crippen molar-refractivity contribution in [1.82, 2.24) is 5.32 Å². The highest BCUT2D eigenvalue weighted by Crippen LogP contribution is 2.28. The van der Waals surface area contributed by atoms with E-state index in [-0.39, 0.29) is 25.7 Å². The molecule has 0 radical (unpaired) electrons. The number of ether oxygens (including phenoxy) is 3. The van der Waals surface area contributed by atoms with Gasteiger partial charge in [0.25, 0.3) is 5.91 Å². The Morgan fingerprint density at radius 2 is 1.77 bits per heavy atom. The van der Waals surface area contributed by atoms with Gasteiger partial charge in [-0.25, -0.2) is 0 Å². The summed E-state index contributed by atoms with van der Waals surface area (Å²) in [6.07, 6.45) is -0.511. The molecule has 2 aromatic carbocycles. The van der Waals surface area contributed by atoms with Gasteiger partial charge in [0, 0.05) is 6.54 Å². The van der Waals surface area contributed by atoms with E-state index >= 15 is 0 Å². The van der Waals surface area contributed by atoms with Crippen molar-refractivity contribution in [1.29, 1.82) is 0 Å². The normalized spacial score (nSPS) is 11.5. The summed E-state index contributed by atoms with van der Waals surface area (Å²) >= 11 is 0. The summed E-state index contributed by atoms with van der Waals surface area (Å²) in [6.45, 7) is 0.588. The minimum absolute atomic E-state index is 0.130. The van der Waals surface area contributed by atoms with Crippen LogP contribution in [0.25, 0.3) is 6.08 Å². The summed E-state index contributed by atoms with van der Waals surface area (Å²) in [7, 11) is 1.53. The standard InChI is InChI=1S/C22H24F3NO4/c1-3-4-16-9-10-19(20(11-16)28-2)30-14-21(27)26-12-17-5-7-18(8-6-17)13-29-15-22(23,24)25/h3-11H,12-15H2,1-2H3,(H,26,27)/b4-3+. The zero-order valence-corrected chi connectivity index (χ0v) is 16.8. The first kappa shape index (κ1) is 23.3. The van der Waals surface area contributed by atoms with Gasteiger partial charge in [0.05, 0.1) is 13.7 Å². The van der Waals surface area contributed by atoms with Crippen molar-refractivity contribution in [2.75, 3.05) is 20.3 Å². The first-order valence-electron chi connectivity index (χ1n) is 9.23. The lowest BCUT2D eigenvalue weighted by atomic mass is 10.1. The zero-order chi connectivity index (χ0) is 22.0. The molecule has 0 atom stereocenters. The van der Waals surface area contributed by atoms with E-state index in [1.165, 1.54) is 7.11 Å². The number of halogens is 3. The fraction of sp³-hybridized carbons (Fsp3) is 0.318. The maximum absolute atomic E-state index is 12.1. The van der Waals surface area contributed by atoms with Crippen LogP contribution in [0.3, 0.4) is 0 Å². The molecule has 0 saturated heterocycles. The highest BCUT2D eigenvalue weighted by Gasteiger charge is 2.27. The Labute approximate surface area is 173 Å². The summed E-state index contributed by atoms with van der Waals surface area (Å²) in [5.74, 6) is 0.679. The topological polar surface area (TPSA) is 56.8 Å². The zero-order valence-electron chi connectivity index (χ0n) is 16.8. The smallest absolute Gasteiger partial charge is 0.411 e. The molecule has 2 rings (SSSR count). The minimum atomic E-state index is -4.34. The predicted molar refractivity (Wildman–Crippen MR) is 107 cm³/mol. The van der Waals surface area contributed by atoms with Crippen LogP contribution < -0.4 is 14.8 Å². The van der Waals surface area contributed by atoms with E-state index in [9.17, 15) is 18.0 Å². The molecule has 0 aliphatic heterocycles. The fourth-order valence-corrected chi connectivity index (χ4v) is 2.53. The first-order valence-corrected chi connectivity index (χ1v) is 9.23. The molecule has 1 N–H and O–H groups in total. The van der Waals surface area contributed by atoms with Gasteiger partial charge >= 0.3 is 6.18 Å². The van der Waals surface area contributed by atoms with Crippen molar-refractivity contribution < 1.29 is 32.2 Å². The molecule has 0 heterocycles. The van der Waals surface area contributed by atoms with Crippen LogP contribution in [0.2, 0.25) is 0 Å². The minimum Gasteiger partial charge on any atom is -0.493 e. The first-order chi connectivity index (χ1) is 14.3. The number of carbonyl (C=O) groups excluding carboxylic acids is 1. The van der Waals surface area contributed by atoms with Gasteiger partial charge in [0.15, 0.2) is 18.1 Å². The van der Waals surface area contributed by atoms with E-state index in [2.05, 4.69) is 10.1 Å². The molecule has 0 unspecified atom stereocenters. The number of hydrogen-bond acceptors (Lipinski definition) is 4. The number of benzene rings is 2. The van der Waals surface area contributed by atoms with Crippen molar-refractivity contribution in [3.05, 3.63) is 65.2 Å². The lowest BCUT2D eigenvalue weighted by Gasteiger charge is -2.12. The third-order valence-corrected chi connectivity index (χ3v) is 3.95. The van der Waals surface area contributed by atoms with Gasteiger partial charge in [-0.15, -0.1) is 0 Å². The summed E-state index contributed by atoms with van der Waals surface area (Å²) in [5, 5.41) is 2.72. The van der Waals surface area contributed by atoms with E-state index in [4.69, 9.17) is 9.47 Å². The molecule has 162 valence electrons. The highest BCUT2D eigenvalue weighted by molar-refractivity contribution is 5.77. The third kappa shape index (κ3) is 8.16. The van der Waals surface area contributed by atoms with Crippen LogP contribution in [-0.4, -0.2) is 32.4 Å². The van der Waals surface area contributed by atoms with Gasteiger partial charge in [-0.1, -0.05) is 42.5 Å².